The summed E-state index contributed by atoms with van der Waals surface area (Å²) in [5.74, 6) is 1.95. The molecular formula is C36H43N. The van der Waals surface area contributed by atoms with Crippen LogP contribution in [0.3, 0.4) is 0 Å². The highest BCUT2D eigenvalue weighted by molar-refractivity contribution is 5.77. The smallest absolute Gasteiger partial charge is 0.0384 e. The van der Waals surface area contributed by atoms with Crippen LogP contribution in [-0.2, 0) is 0 Å². The van der Waals surface area contributed by atoms with Gasteiger partial charge in [0.25, 0.3) is 0 Å². The van der Waals surface area contributed by atoms with Gasteiger partial charge in [-0.2, -0.15) is 0 Å². The van der Waals surface area contributed by atoms with Crippen LogP contribution in [0.15, 0.2) is 84.9 Å². The minimum atomic E-state index is 0.488. The van der Waals surface area contributed by atoms with Crippen molar-refractivity contribution in [1.82, 2.24) is 0 Å². The van der Waals surface area contributed by atoms with E-state index in [1.54, 1.807) is 0 Å². The average molecular weight is 490 g/mol. The zero-order valence-electron chi connectivity index (χ0n) is 23.9. The van der Waals surface area contributed by atoms with Crippen LogP contribution in [-0.4, -0.2) is 0 Å². The van der Waals surface area contributed by atoms with E-state index in [0.717, 1.165) is 11.4 Å². The molecule has 0 aliphatic heterocycles. The predicted molar refractivity (Wildman–Crippen MR) is 163 cm³/mol. The minimum absolute atomic E-state index is 0.488. The lowest BCUT2D eigenvalue weighted by Gasteiger charge is -2.20. The van der Waals surface area contributed by atoms with E-state index < -0.39 is 0 Å². The summed E-state index contributed by atoms with van der Waals surface area (Å²) in [6, 6.07) is 31.4. The molecule has 0 spiro atoms. The highest BCUT2D eigenvalue weighted by Crippen LogP contribution is 2.38. The molecule has 192 valence electrons. The SMILES string of the molecule is CC(C)c1cccc(C(C)C)c1-c1ccc(Nc2ccc(-c3c(C(C)C)cccc3C(C)C)cc2)cc1. The second-order valence-electron chi connectivity index (χ2n) is 11.5. The van der Waals surface area contributed by atoms with Crippen molar-refractivity contribution in [3.8, 4) is 22.3 Å². The number of hydrogen-bond donors (Lipinski definition) is 1. The van der Waals surface area contributed by atoms with Gasteiger partial charge in [-0.3, -0.25) is 0 Å². The number of benzene rings is 4. The molecule has 0 atom stereocenters. The Bertz CT molecular complexity index is 1160. The standard InChI is InChI=1S/C36H43N/c1-23(2)31-11-9-12-32(24(3)4)35(31)27-15-19-29(20-16-27)37-30-21-17-28(18-22-30)36-33(25(5)6)13-10-14-34(36)26(7)8/h9-26,37H,1-8H3. The molecule has 0 saturated carbocycles. The van der Waals surface area contributed by atoms with Crippen LogP contribution in [0.25, 0.3) is 22.3 Å². The van der Waals surface area contributed by atoms with Gasteiger partial charge in [-0.1, -0.05) is 116 Å². The first-order valence-corrected chi connectivity index (χ1v) is 13.9. The van der Waals surface area contributed by atoms with E-state index in [1.165, 1.54) is 44.5 Å². The Kier molecular flexibility index (Phi) is 8.22. The maximum atomic E-state index is 3.61. The first kappa shape index (κ1) is 26.7. The van der Waals surface area contributed by atoms with E-state index in [4.69, 9.17) is 0 Å². The lowest BCUT2D eigenvalue weighted by atomic mass is 9.85. The Morgan fingerprint density at radius 2 is 0.649 bits per heavy atom. The summed E-state index contributed by atoms with van der Waals surface area (Å²) >= 11 is 0. The van der Waals surface area contributed by atoms with Gasteiger partial charge in [0.2, 0.25) is 0 Å². The molecule has 0 bridgehead atoms. The topological polar surface area (TPSA) is 12.0 Å². The van der Waals surface area contributed by atoms with Crippen molar-refractivity contribution in [2.24, 2.45) is 0 Å². The van der Waals surface area contributed by atoms with Crippen molar-refractivity contribution in [1.29, 1.82) is 0 Å². The van der Waals surface area contributed by atoms with Crippen LogP contribution < -0.4 is 5.32 Å². The van der Waals surface area contributed by atoms with Gasteiger partial charge < -0.3 is 5.32 Å². The van der Waals surface area contributed by atoms with E-state index in [9.17, 15) is 0 Å². The average Bonchev–Trinajstić information content (AvgIpc) is 2.88. The Balaban J connectivity index is 1.61. The van der Waals surface area contributed by atoms with Crippen LogP contribution in [0, 0.1) is 0 Å². The summed E-state index contributed by atoms with van der Waals surface area (Å²) in [5, 5.41) is 3.61. The van der Waals surface area contributed by atoms with Crippen molar-refractivity contribution >= 4 is 11.4 Å². The van der Waals surface area contributed by atoms with Gasteiger partial charge in [0.1, 0.15) is 0 Å². The van der Waals surface area contributed by atoms with Gasteiger partial charge in [0.05, 0.1) is 0 Å². The molecule has 1 N–H and O–H groups in total. The number of hydrogen-bond acceptors (Lipinski definition) is 1. The lowest BCUT2D eigenvalue weighted by molar-refractivity contribution is 0.838. The molecule has 0 aromatic heterocycles. The van der Waals surface area contributed by atoms with Crippen LogP contribution in [0.4, 0.5) is 11.4 Å². The molecule has 0 unspecified atom stereocenters. The molecule has 4 rings (SSSR count). The maximum absolute atomic E-state index is 3.61. The second kappa shape index (κ2) is 11.4. The molecule has 0 aliphatic rings. The van der Waals surface area contributed by atoms with Crippen LogP contribution in [0.1, 0.15) is 101 Å². The molecule has 1 heteroatoms. The van der Waals surface area contributed by atoms with Gasteiger partial charge in [0.15, 0.2) is 0 Å². The third kappa shape index (κ3) is 5.82. The Morgan fingerprint density at radius 1 is 0.378 bits per heavy atom. The quantitative estimate of drug-likeness (QED) is 0.259. The highest BCUT2D eigenvalue weighted by atomic mass is 14.9. The number of nitrogens with one attached hydrogen (secondary N) is 1. The van der Waals surface area contributed by atoms with Crippen LogP contribution >= 0.6 is 0 Å². The Labute approximate surface area is 225 Å². The van der Waals surface area contributed by atoms with Gasteiger partial charge in [-0.25, -0.2) is 0 Å². The molecule has 4 aromatic rings. The van der Waals surface area contributed by atoms with Crippen molar-refractivity contribution in [3.05, 3.63) is 107 Å². The fraction of sp³-hybridized carbons (Fsp3) is 0.333. The molecule has 4 aromatic carbocycles. The van der Waals surface area contributed by atoms with E-state index in [1.807, 2.05) is 0 Å². The van der Waals surface area contributed by atoms with Crippen LogP contribution in [0.5, 0.6) is 0 Å². The first-order valence-electron chi connectivity index (χ1n) is 13.9. The number of anilines is 2. The second-order valence-corrected chi connectivity index (χ2v) is 11.5. The van der Waals surface area contributed by atoms with Crippen molar-refractivity contribution in [2.75, 3.05) is 5.32 Å². The van der Waals surface area contributed by atoms with Gasteiger partial charge >= 0.3 is 0 Å². The summed E-state index contributed by atoms with van der Waals surface area (Å²) in [5.41, 5.74) is 13.3. The third-order valence-corrected chi connectivity index (χ3v) is 7.38. The van der Waals surface area contributed by atoms with E-state index in [2.05, 4.69) is 146 Å². The van der Waals surface area contributed by atoms with E-state index >= 15 is 0 Å². The summed E-state index contributed by atoms with van der Waals surface area (Å²) < 4.78 is 0. The fourth-order valence-corrected chi connectivity index (χ4v) is 5.38. The number of rotatable bonds is 8. The summed E-state index contributed by atoms with van der Waals surface area (Å²) in [7, 11) is 0. The first-order chi connectivity index (χ1) is 17.7. The summed E-state index contributed by atoms with van der Waals surface area (Å²) in [6.45, 7) is 18.3. The van der Waals surface area contributed by atoms with E-state index in [-0.39, 0.29) is 0 Å². The predicted octanol–water partition coefficient (Wildman–Crippen LogP) is 11.3. The molecule has 1 nitrogen and oxygen atoms in total. The van der Waals surface area contributed by atoms with Gasteiger partial charge in [-0.15, -0.1) is 0 Å². The van der Waals surface area contributed by atoms with Gasteiger partial charge in [0, 0.05) is 11.4 Å². The highest BCUT2D eigenvalue weighted by Gasteiger charge is 2.17. The van der Waals surface area contributed by atoms with Gasteiger partial charge in [-0.05, 0) is 92.4 Å². The van der Waals surface area contributed by atoms with Crippen molar-refractivity contribution in [3.63, 3.8) is 0 Å². The minimum Gasteiger partial charge on any atom is -0.356 e. The van der Waals surface area contributed by atoms with Crippen LogP contribution in [0.2, 0.25) is 0 Å². The van der Waals surface area contributed by atoms with E-state index in [0.29, 0.717) is 23.7 Å². The Morgan fingerprint density at radius 3 is 0.892 bits per heavy atom. The molecule has 37 heavy (non-hydrogen) atoms. The zero-order valence-corrected chi connectivity index (χ0v) is 23.9. The lowest BCUT2D eigenvalue weighted by Crippen LogP contribution is -2.00. The fourth-order valence-electron chi connectivity index (χ4n) is 5.38. The Hall–Kier alpha value is -3.32. The molecule has 0 aliphatic carbocycles. The largest absolute Gasteiger partial charge is 0.356 e. The normalized spacial score (nSPS) is 11.7. The van der Waals surface area contributed by atoms with Crippen molar-refractivity contribution < 1.29 is 0 Å². The molecule has 0 heterocycles. The van der Waals surface area contributed by atoms with Crippen molar-refractivity contribution in [2.45, 2.75) is 79.1 Å². The monoisotopic (exact) mass is 489 g/mol. The molecule has 0 saturated heterocycles. The molecule has 0 amide bonds. The molecule has 0 fully saturated rings. The molecular weight excluding hydrogens is 446 g/mol. The zero-order chi connectivity index (χ0) is 26.7. The molecule has 0 radical (unpaired) electrons. The maximum Gasteiger partial charge on any atom is 0.0384 e. The summed E-state index contributed by atoms with van der Waals surface area (Å²) in [6.07, 6.45) is 0. The third-order valence-electron chi connectivity index (χ3n) is 7.38. The summed E-state index contributed by atoms with van der Waals surface area (Å²) in [4.78, 5) is 0.